The molecule has 1 saturated carbocycles. The van der Waals surface area contributed by atoms with Crippen molar-refractivity contribution < 1.29 is 0 Å². The van der Waals surface area contributed by atoms with Gasteiger partial charge in [0.15, 0.2) is 0 Å². The maximum atomic E-state index is 6.34. The van der Waals surface area contributed by atoms with E-state index in [2.05, 4.69) is 6.07 Å². The molecule has 0 aliphatic heterocycles. The predicted molar refractivity (Wildman–Crippen MR) is 66.8 cm³/mol. The number of hydrogen-bond acceptors (Lipinski definition) is 0. The second-order valence-electron chi connectivity index (χ2n) is 4.36. The highest BCUT2D eigenvalue weighted by molar-refractivity contribution is 6.31. The summed E-state index contributed by atoms with van der Waals surface area (Å²) in [6, 6.07) is 8.10. The Balaban J connectivity index is 2.04. The highest BCUT2D eigenvalue weighted by atomic mass is 35.5. The molecule has 0 bridgehead atoms. The maximum Gasteiger partial charge on any atom is 0.0438 e. The lowest BCUT2D eigenvalue weighted by atomic mass is 9.84. The van der Waals surface area contributed by atoms with E-state index in [1.165, 1.54) is 24.8 Å². The zero-order valence-electron chi connectivity index (χ0n) is 8.76. The Hall–Kier alpha value is -0.200. The van der Waals surface area contributed by atoms with E-state index in [1.807, 2.05) is 18.2 Å². The zero-order valence-corrected chi connectivity index (χ0v) is 10.3. The molecular formula is C13H16Cl2. The Labute approximate surface area is 102 Å². The Morgan fingerprint density at radius 1 is 1.13 bits per heavy atom. The van der Waals surface area contributed by atoms with Gasteiger partial charge in [-0.3, -0.25) is 0 Å². The van der Waals surface area contributed by atoms with Gasteiger partial charge in [-0.15, -0.1) is 11.6 Å². The van der Waals surface area contributed by atoms with Crippen molar-refractivity contribution in [3.63, 3.8) is 0 Å². The molecule has 2 rings (SSSR count). The molecule has 2 unspecified atom stereocenters. The molecule has 0 N–H and O–H groups in total. The van der Waals surface area contributed by atoms with Crippen molar-refractivity contribution in [1.82, 2.24) is 0 Å². The first-order valence-corrected chi connectivity index (χ1v) is 6.46. The number of rotatable bonds is 2. The minimum atomic E-state index is 0.343. The van der Waals surface area contributed by atoms with E-state index in [1.54, 1.807) is 0 Å². The fraction of sp³-hybridized carbons (Fsp3) is 0.538. The third-order valence-electron chi connectivity index (χ3n) is 3.26. The molecular weight excluding hydrogens is 227 g/mol. The lowest BCUT2D eigenvalue weighted by Crippen LogP contribution is -2.21. The quantitative estimate of drug-likeness (QED) is 0.661. The normalized spacial score (nSPS) is 26.5. The fourth-order valence-corrected chi connectivity index (χ4v) is 2.92. The van der Waals surface area contributed by atoms with Gasteiger partial charge in [-0.1, -0.05) is 42.6 Å². The molecule has 0 spiro atoms. The smallest absolute Gasteiger partial charge is 0.0438 e. The van der Waals surface area contributed by atoms with Crippen molar-refractivity contribution in [2.45, 2.75) is 37.5 Å². The summed E-state index contributed by atoms with van der Waals surface area (Å²) in [4.78, 5) is 0. The molecule has 15 heavy (non-hydrogen) atoms. The van der Waals surface area contributed by atoms with Crippen molar-refractivity contribution >= 4 is 23.2 Å². The molecule has 2 atom stereocenters. The van der Waals surface area contributed by atoms with Crippen LogP contribution in [0.15, 0.2) is 24.3 Å². The monoisotopic (exact) mass is 242 g/mol. The highest BCUT2D eigenvalue weighted by Gasteiger charge is 2.23. The zero-order chi connectivity index (χ0) is 10.7. The first-order chi connectivity index (χ1) is 7.27. The van der Waals surface area contributed by atoms with Gasteiger partial charge in [-0.05, 0) is 36.8 Å². The molecule has 2 heteroatoms. The van der Waals surface area contributed by atoms with Crippen LogP contribution in [0, 0.1) is 5.92 Å². The van der Waals surface area contributed by atoms with Crippen LogP contribution in [-0.2, 0) is 6.42 Å². The molecule has 1 aromatic carbocycles. The van der Waals surface area contributed by atoms with Crippen LogP contribution in [-0.4, -0.2) is 5.38 Å². The third-order valence-corrected chi connectivity index (χ3v) is 4.20. The summed E-state index contributed by atoms with van der Waals surface area (Å²) in [6.07, 6.45) is 6.05. The minimum Gasteiger partial charge on any atom is -0.123 e. The summed E-state index contributed by atoms with van der Waals surface area (Å²) < 4.78 is 0. The SMILES string of the molecule is Clc1ccccc1CC1CCCCC1Cl. The van der Waals surface area contributed by atoms with E-state index in [0.717, 1.165) is 17.9 Å². The van der Waals surface area contributed by atoms with E-state index >= 15 is 0 Å². The first-order valence-electron chi connectivity index (χ1n) is 5.65. The van der Waals surface area contributed by atoms with E-state index in [9.17, 15) is 0 Å². The Kier molecular flexibility index (Phi) is 3.93. The molecule has 0 aromatic heterocycles. The van der Waals surface area contributed by atoms with Crippen LogP contribution in [0.4, 0.5) is 0 Å². The van der Waals surface area contributed by atoms with Gasteiger partial charge in [-0.2, -0.15) is 0 Å². The van der Waals surface area contributed by atoms with E-state index in [0.29, 0.717) is 11.3 Å². The van der Waals surface area contributed by atoms with Crippen LogP contribution in [0.1, 0.15) is 31.2 Å². The van der Waals surface area contributed by atoms with E-state index in [4.69, 9.17) is 23.2 Å². The second-order valence-corrected chi connectivity index (χ2v) is 5.32. The molecule has 0 saturated heterocycles. The van der Waals surface area contributed by atoms with Crippen LogP contribution >= 0.6 is 23.2 Å². The van der Waals surface area contributed by atoms with Gasteiger partial charge in [0.25, 0.3) is 0 Å². The average Bonchev–Trinajstić information content (AvgIpc) is 2.24. The summed E-state index contributed by atoms with van der Waals surface area (Å²) >= 11 is 12.5. The third kappa shape index (κ3) is 2.89. The van der Waals surface area contributed by atoms with E-state index in [-0.39, 0.29) is 0 Å². The number of halogens is 2. The summed E-state index contributed by atoms with van der Waals surface area (Å²) in [5.74, 6) is 0.611. The fourth-order valence-electron chi connectivity index (χ4n) is 2.34. The molecule has 0 amide bonds. The lowest BCUT2D eigenvalue weighted by molar-refractivity contribution is 0.364. The van der Waals surface area contributed by atoms with Gasteiger partial charge < -0.3 is 0 Å². The number of alkyl halides is 1. The first kappa shape index (κ1) is 11.3. The molecule has 1 fully saturated rings. The predicted octanol–water partition coefficient (Wildman–Crippen LogP) is 4.68. The van der Waals surface area contributed by atoms with Crippen LogP contribution in [0.25, 0.3) is 0 Å². The second kappa shape index (κ2) is 5.23. The van der Waals surface area contributed by atoms with E-state index < -0.39 is 0 Å². The van der Waals surface area contributed by atoms with Crippen molar-refractivity contribution in [2.24, 2.45) is 5.92 Å². The molecule has 1 aromatic rings. The number of benzene rings is 1. The van der Waals surface area contributed by atoms with Gasteiger partial charge >= 0.3 is 0 Å². The summed E-state index contributed by atoms with van der Waals surface area (Å²) in [6.45, 7) is 0. The minimum absolute atomic E-state index is 0.343. The molecule has 0 nitrogen and oxygen atoms in total. The van der Waals surface area contributed by atoms with Crippen molar-refractivity contribution in [3.8, 4) is 0 Å². The number of hydrogen-bond donors (Lipinski definition) is 0. The Bertz CT molecular complexity index is 322. The highest BCUT2D eigenvalue weighted by Crippen LogP contribution is 2.32. The van der Waals surface area contributed by atoms with Crippen LogP contribution in [0.5, 0.6) is 0 Å². The van der Waals surface area contributed by atoms with Crippen LogP contribution in [0.2, 0.25) is 5.02 Å². The van der Waals surface area contributed by atoms with Crippen LogP contribution < -0.4 is 0 Å². The molecule has 0 radical (unpaired) electrons. The topological polar surface area (TPSA) is 0 Å². The Morgan fingerprint density at radius 2 is 1.87 bits per heavy atom. The average molecular weight is 243 g/mol. The van der Waals surface area contributed by atoms with Gasteiger partial charge in [0, 0.05) is 10.4 Å². The van der Waals surface area contributed by atoms with Crippen molar-refractivity contribution in [3.05, 3.63) is 34.9 Å². The largest absolute Gasteiger partial charge is 0.123 e. The van der Waals surface area contributed by atoms with Gasteiger partial charge in [0.2, 0.25) is 0 Å². The maximum absolute atomic E-state index is 6.34. The lowest BCUT2D eigenvalue weighted by Gasteiger charge is -2.27. The Morgan fingerprint density at radius 3 is 2.60 bits per heavy atom. The molecule has 0 heterocycles. The molecule has 1 aliphatic rings. The van der Waals surface area contributed by atoms with Crippen molar-refractivity contribution in [2.75, 3.05) is 0 Å². The molecule has 82 valence electrons. The van der Waals surface area contributed by atoms with Gasteiger partial charge in [-0.25, -0.2) is 0 Å². The standard InChI is InChI=1S/C13H16Cl2/c14-12-7-3-1-5-10(12)9-11-6-2-4-8-13(11)15/h1,3,5,7,11,13H,2,4,6,8-9H2. The summed E-state index contributed by atoms with van der Waals surface area (Å²) in [7, 11) is 0. The van der Waals surface area contributed by atoms with Crippen molar-refractivity contribution in [1.29, 1.82) is 0 Å². The molecule has 1 aliphatic carbocycles. The summed E-state index contributed by atoms with van der Waals surface area (Å²) in [5.41, 5.74) is 1.25. The van der Waals surface area contributed by atoms with Gasteiger partial charge in [0.1, 0.15) is 0 Å². The van der Waals surface area contributed by atoms with Gasteiger partial charge in [0.05, 0.1) is 0 Å². The van der Waals surface area contributed by atoms with Crippen LogP contribution in [0.3, 0.4) is 0 Å². The summed E-state index contributed by atoms with van der Waals surface area (Å²) in [5, 5.41) is 1.22.